The third kappa shape index (κ3) is 14.9. The second kappa shape index (κ2) is 29.3. The number of nitrogens with zero attached hydrogens (tertiary/aromatic N) is 11. The smallest absolute Gasteiger partial charge is 0.240 e. The van der Waals surface area contributed by atoms with E-state index in [0.29, 0.717) is 78.0 Å². The lowest BCUT2D eigenvalue weighted by Gasteiger charge is -2.53. The summed E-state index contributed by atoms with van der Waals surface area (Å²) in [5.74, 6) is 1.21. The summed E-state index contributed by atoms with van der Waals surface area (Å²) in [6.45, 7) is 38.4. The van der Waals surface area contributed by atoms with E-state index in [1.807, 2.05) is 48.8 Å². The fraction of sp³-hybridized carbons (Fsp3) is 0.926. The summed E-state index contributed by atoms with van der Waals surface area (Å²) < 4.78 is 0. The van der Waals surface area contributed by atoms with Gasteiger partial charge in [-0.15, -0.1) is 0 Å². The SMILES string of the molecule is C.CCN1CC(NC)CN2C(=O)C(C)N(CC)CC2C1.CCN1CC2C(N(C)C)CC(NC)CN2C(=O)C1C.CCN1CC2CC(NC)CN2C(=O)C1C.CCNC1CN(C)CCN2C(=O)C(C)N(CC)CC12. The fourth-order valence-corrected chi connectivity index (χ4v) is 13.0. The predicted octanol–water partition coefficient (Wildman–Crippen LogP) is 0.0271. The summed E-state index contributed by atoms with van der Waals surface area (Å²) in [4.78, 5) is 74.5. The van der Waals surface area contributed by atoms with Gasteiger partial charge in [-0.2, -0.15) is 0 Å². The first kappa shape index (κ1) is 63.0. The Balaban J connectivity index is 0.000000211. The summed E-state index contributed by atoms with van der Waals surface area (Å²) in [5.41, 5.74) is 0. The standard InChI is InChI=1S/3C14H28N4O.C11H21N3O.CH4/c1-6-17-9-13-12(16(4)5)7-11(15-3)8-18(13)14(19)10(17)2;1-5-16-7-12(15-4)8-18-13(9-16)10-17(6-2)11(3)14(18)19;1-5-15-12-9-16(4)7-8-18-13(12)10-17(6-2)11(3)14(18)19;1-4-13-7-10-5-9(12-3)6-14(10)11(15)8(13)2;/h10-13,15H,6-9H2,1-5H3;2*11-13,15H,5-10H2,1-4H3;8-10,12H,4-7H2,1-3H3;1H4. The van der Waals surface area contributed by atoms with Gasteiger partial charge < -0.3 is 50.7 Å². The number of piperazine rings is 4. The Morgan fingerprint density at radius 2 is 0.918 bits per heavy atom. The molecule has 0 spiro atoms. The van der Waals surface area contributed by atoms with Crippen LogP contribution in [0.5, 0.6) is 0 Å². The first-order valence-electron chi connectivity index (χ1n) is 28.3. The van der Waals surface area contributed by atoms with Gasteiger partial charge >= 0.3 is 0 Å². The summed E-state index contributed by atoms with van der Waals surface area (Å²) in [6.07, 6.45) is 2.22. The maximum Gasteiger partial charge on any atom is 0.240 e. The number of carbonyl (C=O) groups excluding carboxylic acids is 4. The van der Waals surface area contributed by atoms with Crippen molar-refractivity contribution >= 4 is 23.6 Å². The summed E-state index contributed by atoms with van der Waals surface area (Å²) in [6, 6.07) is 3.70. The van der Waals surface area contributed by atoms with Gasteiger partial charge in [-0.25, -0.2) is 0 Å². The van der Waals surface area contributed by atoms with E-state index in [9.17, 15) is 19.2 Å². The molecule has 0 aliphatic carbocycles. The van der Waals surface area contributed by atoms with Gasteiger partial charge in [0.15, 0.2) is 0 Å². The molecule has 8 rings (SSSR count). The third-order valence-electron chi connectivity index (χ3n) is 18.0. The van der Waals surface area contributed by atoms with Crippen molar-refractivity contribution in [2.24, 2.45) is 0 Å². The number of fused-ring (bicyclic) bond motifs is 4. The lowest BCUT2D eigenvalue weighted by atomic mass is 9.88. The Labute approximate surface area is 444 Å². The summed E-state index contributed by atoms with van der Waals surface area (Å²) in [7, 11) is 12.4. The highest BCUT2D eigenvalue weighted by Gasteiger charge is 2.47. The van der Waals surface area contributed by atoms with Crippen LogP contribution < -0.4 is 21.3 Å². The number of nitrogens with one attached hydrogen (secondary N) is 4. The molecule has 8 aliphatic heterocycles. The van der Waals surface area contributed by atoms with E-state index in [2.05, 4.69) is 138 Å². The molecule has 0 radical (unpaired) electrons. The minimum absolute atomic E-state index is 0. The van der Waals surface area contributed by atoms with Crippen molar-refractivity contribution in [2.75, 3.05) is 160 Å². The van der Waals surface area contributed by atoms with Gasteiger partial charge in [0.2, 0.25) is 23.6 Å². The maximum absolute atomic E-state index is 12.6. The van der Waals surface area contributed by atoms with E-state index in [-0.39, 0.29) is 31.6 Å². The number of hydrogen-bond donors (Lipinski definition) is 4. The molecule has 73 heavy (non-hydrogen) atoms. The molecule has 0 aromatic heterocycles. The minimum atomic E-state index is 0. The van der Waals surface area contributed by atoms with Crippen LogP contribution in [0.1, 0.15) is 89.5 Å². The zero-order valence-electron chi connectivity index (χ0n) is 48.2. The summed E-state index contributed by atoms with van der Waals surface area (Å²) >= 11 is 0. The van der Waals surface area contributed by atoms with Crippen molar-refractivity contribution in [1.29, 1.82) is 0 Å². The lowest BCUT2D eigenvalue weighted by molar-refractivity contribution is -0.151. The molecule has 0 saturated carbocycles. The quantitative estimate of drug-likeness (QED) is 0.220. The van der Waals surface area contributed by atoms with Crippen LogP contribution in [0.3, 0.4) is 0 Å². The molecular weight excluding hydrogens is 923 g/mol. The van der Waals surface area contributed by atoms with Gasteiger partial charge in [0.25, 0.3) is 0 Å². The van der Waals surface area contributed by atoms with Gasteiger partial charge in [0, 0.05) is 115 Å². The molecule has 4 N–H and O–H groups in total. The molecule has 0 bridgehead atoms. The monoisotopic (exact) mass is 1030 g/mol. The molecule has 13 atom stereocenters. The van der Waals surface area contributed by atoms with Crippen LogP contribution in [0, 0.1) is 0 Å². The number of amides is 4. The van der Waals surface area contributed by atoms with Crippen LogP contribution in [-0.2, 0) is 19.2 Å². The van der Waals surface area contributed by atoms with E-state index in [1.54, 1.807) is 0 Å². The topological polar surface area (TPSA) is 152 Å². The van der Waals surface area contributed by atoms with Crippen molar-refractivity contribution in [1.82, 2.24) is 75.2 Å². The van der Waals surface area contributed by atoms with Crippen molar-refractivity contribution in [2.45, 2.75) is 168 Å². The van der Waals surface area contributed by atoms with Crippen LogP contribution in [0.2, 0.25) is 0 Å². The van der Waals surface area contributed by atoms with Crippen molar-refractivity contribution in [3.63, 3.8) is 0 Å². The average Bonchev–Trinajstić information content (AvgIpc) is 3.62. The number of carbonyl (C=O) groups is 4. The summed E-state index contributed by atoms with van der Waals surface area (Å²) in [5, 5.41) is 13.5. The molecule has 0 aromatic carbocycles. The Morgan fingerprint density at radius 1 is 0.479 bits per heavy atom. The number of rotatable bonds is 11. The van der Waals surface area contributed by atoms with E-state index < -0.39 is 0 Å². The highest BCUT2D eigenvalue weighted by molar-refractivity contribution is 5.84. The van der Waals surface area contributed by atoms with Crippen LogP contribution in [0.15, 0.2) is 0 Å². The fourth-order valence-electron chi connectivity index (χ4n) is 13.0. The van der Waals surface area contributed by atoms with Crippen LogP contribution in [0.25, 0.3) is 0 Å². The number of piperidine rings is 1. The zero-order chi connectivity index (χ0) is 53.1. The number of likely N-dealkylation sites (N-methyl/N-ethyl adjacent to an activating group) is 11. The molecule has 13 unspecified atom stereocenters. The molecule has 8 fully saturated rings. The number of hydrogen-bond acceptors (Lipinski definition) is 15. The molecule has 8 heterocycles. The Hall–Kier alpha value is -2.56. The van der Waals surface area contributed by atoms with Gasteiger partial charge in [0.05, 0.1) is 42.3 Å². The van der Waals surface area contributed by atoms with Crippen molar-refractivity contribution in [3.8, 4) is 0 Å². The van der Waals surface area contributed by atoms with Gasteiger partial charge in [-0.1, -0.05) is 49.0 Å². The zero-order valence-corrected chi connectivity index (χ0v) is 48.2. The Bertz CT molecular complexity index is 1700. The van der Waals surface area contributed by atoms with Crippen LogP contribution >= 0.6 is 0 Å². The third-order valence-corrected chi connectivity index (χ3v) is 18.0. The lowest BCUT2D eigenvalue weighted by Crippen LogP contribution is -2.70. The van der Waals surface area contributed by atoms with Crippen molar-refractivity contribution in [3.05, 3.63) is 0 Å². The molecule has 8 saturated heterocycles. The first-order chi connectivity index (χ1) is 34.3. The molecular formula is C54H109N15O4. The molecule has 4 amide bonds. The highest BCUT2D eigenvalue weighted by atomic mass is 16.2. The maximum atomic E-state index is 12.6. The normalized spacial score (nSPS) is 35.0. The molecule has 424 valence electrons. The molecule has 19 nitrogen and oxygen atoms in total. The minimum Gasteiger partial charge on any atom is -0.335 e. The predicted molar refractivity (Wildman–Crippen MR) is 298 cm³/mol. The van der Waals surface area contributed by atoms with Gasteiger partial charge in [-0.3, -0.25) is 43.7 Å². The van der Waals surface area contributed by atoms with Crippen molar-refractivity contribution < 1.29 is 19.2 Å². The Morgan fingerprint density at radius 3 is 1.41 bits per heavy atom. The van der Waals surface area contributed by atoms with E-state index in [4.69, 9.17) is 0 Å². The average molecular weight is 1030 g/mol. The van der Waals surface area contributed by atoms with Crippen LogP contribution in [0.4, 0.5) is 0 Å². The van der Waals surface area contributed by atoms with Gasteiger partial charge in [0.1, 0.15) is 0 Å². The van der Waals surface area contributed by atoms with E-state index >= 15 is 0 Å². The largest absolute Gasteiger partial charge is 0.335 e. The first-order valence-corrected chi connectivity index (χ1v) is 28.3. The molecule has 0 aromatic rings. The van der Waals surface area contributed by atoms with E-state index in [1.165, 1.54) is 0 Å². The highest BCUT2D eigenvalue weighted by Crippen LogP contribution is 2.29. The second-order valence-electron chi connectivity index (χ2n) is 22.2. The Kier molecular flexibility index (Phi) is 25.2. The van der Waals surface area contributed by atoms with Gasteiger partial charge in [-0.05, 0) is 122 Å². The second-order valence-corrected chi connectivity index (χ2v) is 22.2. The molecule has 19 heteroatoms. The van der Waals surface area contributed by atoms with Crippen LogP contribution in [-0.4, -0.2) is 316 Å². The van der Waals surface area contributed by atoms with E-state index in [0.717, 1.165) is 131 Å². The molecule has 8 aliphatic rings.